The van der Waals surface area contributed by atoms with Crippen molar-refractivity contribution in [3.05, 3.63) is 52.4 Å². The first-order chi connectivity index (χ1) is 11.2. The Morgan fingerprint density at radius 2 is 2.09 bits per heavy atom. The van der Waals surface area contributed by atoms with Gasteiger partial charge in [0, 0.05) is 12.0 Å². The highest BCUT2D eigenvalue weighted by atomic mass is 16.5. The Hall–Kier alpha value is -2.63. The van der Waals surface area contributed by atoms with Gasteiger partial charge in [-0.25, -0.2) is 4.68 Å². The summed E-state index contributed by atoms with van der Waals surface area (Å²) >= 11 is 0. The molecule has 1 N–H and O–H groups in total. The summed E-state index contributed by atoms with van der Waals surface area (Å²) in [6.45, 7) is 2.28. The molecular weight excluding hydrogens is 294 g/mol. The van der Waals surface area contributed by atoms with Crippen molar-refractivity contribution in [2.45, 2.75) is 32.2 Å². The lowest BCUT2D eigenvalue weighted by Gasteiger charge is -2.12. The topological polar surface area (TPSA) is 73.2 Å². The molecule has 1 aromatic heterocycles. The fourth-order valence-corrected chi connectivity index (χ4v) is 2.35. The first kappa shape index (κ1) is 15.3. The predicted molar refractivity (Wildman–Crippen MR) is 86.7 cm³/mol. The summed E-state index contributed by atoms with van der Waals surface area (Å²) in [5.74, 6) is 0.735. The van der Waals surface area contributed by atoms with E-state index < -0.39 is 0 Å². The molecule has 0 aliphatic heterocycles. The van der Waals surface area contributed by atoms with E-state index in [1.165, 1.54) is 10.7 Å². The van der Waals surface area contributed by atoms with E-state index >= 15 is 0 Å². The smallest absolute Gasteiger partial charge is 0.267 e. The molecule has 1 aromatic carbocycles. The van der Waals surface area contributed by atoms with Gasteiger partial charge in [-0.1, -0.05) is 12.1 Å². The minimum atomic E-state index is -0.306. The molecule has 1 saturated carbocycles. The molecule has 2 aromatic rings. The highest BCUT2D eigenvalue weighted by Gasteiger charge is 2.25. The average Bonchev–Trinajstić information content (AvgIpc) is 3.36. The van der Waals surface area contributed by atoms with Gasteiger partial charge < -0.3 is 10.1 Å². The first-order valence-corrected chi connectivity index (χ1v) is 7.77. The summed E-state index contributed by atoms with van der Waals surface area (Å²) in [7, 11) is 0. The largest absolute Gasteiger partial charge is 0.492 e. The van der Waals surface area contributed by atoms with Crippen LogP contribution in [0, 0.1) is 0 Å². The number of ether oxygens (including phenoxy) is 1. The third kappa shape index (κ3) is 3.77. The van der Waals surface area contributed by atoms with Crippen LogP contribution in [0.25, 0.3) is 0 Å². The first-order valence-electron chi connectivity index (χ1n) is 7.77. The van der Waals surface area contributed by atoms with Gasteiger partial charge in [0.2, 0.25) is 5.91 Å². The minimum Gasteiger partial charge on any atom is -0.492 e. The van der Waals surface area contributed by atoms with Gasteiger partial charge in [0.05, 0.1) is 18.0 Å². The van der Waals surface area contributed by atoms with Crippen LogP contribution in [0.15, 0.2) is 41.2 Å². The van der Waals surface area contributed by atoms with Crippen LogP contribution in [0.1, 0.15) is 31.4 Å². The molecule has 23 heavy (non-hydrogen) atoms. The van der Waals surface area contributed by atoms with Gasteiger partial charge in [-0.2, -0.15) is 5.10 Å². The lowest BCUT2D eigenvalue weighted by molar-refractivity contribution is -0.117. The predicted octanol–water partition coefficient (Wildman–Crippen LogP) is 2.16. The van der Waals surface area contributed by atoms with Crippen LogP contribution in [0.3, 0.4) is 0 Å². The van der Waals surface area contributed by atoms with Crippen LogP contribution < -0.4 is 15.6 Å². The molecule has 6 heteroatoms. The SMILES string of the molecule is CCOc1ccccc1NC(=O)Cn1nc(C2CC2)ccc1=O. The van der Waals surface area contributed by atoms with Crippen molar-refractivity contribution in [1.29, 1.82) is 0 Å². The molecule has 1 amide bonds. The molecule has 0 atom stereocenters. The van der Waals surface area contributed by atoms with E-state index in [1.807, 2.05) is 19.1 Å². The maximum atomic E-state index is 12.2. The Morgan fingerprint density at radius 3 is 2.83 bits per heavy atom. The quantitative estimate of drug-likeness (QED) is 0.887. The minimum absolute atomic E-state index is 0.111. The van der Waals surface area contributed by atoms with Gasteiger partial charge in [0.15, 0.2) is 0 Å². The van der Waals surface area contributed by atoms with E-state index in [1.54, 1.807) is 18.2 Å². The third-order valence-electron chi connectivity index (χ3n) is 3.64. The highest BCUT2D eigenvalue weighted by molar-refractivity contribution is 5.92. The maximum Gasteiger partial charge on any atom is 0.267 e. The number of amides is 1. The molecule has 1 aliphatic carbocycles. The molecule has 0 bridgehead atoms. The number of aromatic nitrogens is 2. The van der Waals surface area contributed by atoms with Crippen molar-refractivity contribution in [3.8, 4) is 5.75 Å². The van der Waals surface area contributed by atoms with Crippen molar-refractivity contribution in [3.63, 3.8) is 0 Å². The van der Waals surface area contributed by atoms with E-state index in [-0.39, 0.29) is 18.0 Å². The second-order valence-corrected chi connectivity index (χ2v) is 5.51. The number of hydrogen-bond acceptors (Lipinski definition) is 4. The molecule has 0 saturated heterocycles. The zero-order valence-corrected chi connectivity index (χ0v) is 13.0. The number of anilines is 1. The van der Waals surface area contributed by atoms with Gasteiger partial charge in [0.1, 0.15) is 12.3 Å². The number of rotatable bonds is 6. The molecule has 0 spiro atoms. The van der Waals surface area contributed by atoms with Crippen LogP contribution in [0.4, 0.5) is 5.69 Å². The van der Waals surface area contributed by atoms with E-state index in [9.17, 15) is 9.59 Å². The molecule has 0 radical (unpaired) electrons. The molecule has 6 nitrogen and oxygen atoms in total. The zero-order valence-electron chi connectivity index (χ0n) is 13.0. The summed E-state index contributed by atoms with van der Waals surface area (Å²) in [5, 5.41) is 7.06. The van der Waals surface area contributed by atoms with Crippen LogP contribution in [-0.4, -0.2) is 22.3 Å². The second-order valence-electron chi connectivity index (χ2n) is 5.51. The highest BCUT2D eigenvalue weighted by Crippen LogP contribution is 2.38. The summed E-state index contributed by atoms with van der Waals surface area (Å²) < 4.78 is 6.69. The summed E-state index contributed by atoms with van der Waals surface area (Å²) in [5.41, 5.74) is 1.19. The maximum absolute atomic E-state index is 12.2. The number of hydrogen-bond donors (Lipinski definition) is 1. The summed E-state index contributed by atoms with van der Waals surface area (Å²) in [6.07, 6.45) is 2.19. The second kappa shape index (κ2) is 6.64. The number of benzene rings is 1. The molecule has 1 aliphatic rings. The van der Waals surface area contributed by atoms with Gasteiger partial charge in [0.25, 0.3) is 5.56 Å². The molecular formula is C17H19N3O3. The van der Waals surface area contributed by atoms with Crippen molar-refractivity contribution >= 4 is 11.6 Å². The van der Waals surface area contributed by atoms with Crippen molar-refractivity contribution in [2.24, 2.45) is 0 Å². The lowest BCUT2D eigenvalue weighted by atomic mass is 10.3. The van der Waals surface area contributed by atoms with Gasteiger partial charge in [-0.15, -0.1) is 0 Å². The van der Waals surface area contributed by atoms with Crippen molar-refractivity contribution < 1.29 is 9.53 Å². The van der Waals surface area contributed by atoms with Crippen molar-refractivity contribution in [1.82, 2.24) is 9.78 Å². The molecule has 0 unspecified atom stereocenters. The Labute approximate surface area is 134 Å². The van der Waals surface area contributed by atoms with Gasteiger partial charge in [-0.05, 0) is 38.0 Å². The van der Waals surface area contributed by atoms with E-state index in [0.29, 0.717) is 24.0 Å². The van der Waals surface area contributed by atoms with Crippen LogP contribution in [0.2, 0.25) is 0 Å². The number of carbonyl (C=O) groups excluding carboxylic acids is 1. The standard InChI is InChI=1S/C17H19N3O3/c1-2-23-15-6-4-3-5-14(15)18-16(21)11-20-17(22)10-9-13(19-20)12-7-8-12/h3-6,9-10,12H,2,7-8,11H2,1H3,(H,18,21). The summed E-state index contributed by atoms with van der Waals surface area (Å²) in [6, 6.07) is 10.4. The zero-order chi connectivity index (χ0) is 16.2. The Morgan fingerprint density at radius 1 is 1.30 bits per heavy atom. The number of nitrogens with zero attached hydrogens (tertiary/aromatic N) is 2. The number of carbonyl (C=O) groups is 1. The van der Waals surface area contributed by atoms with Crippen LogP contribution in [0.5, 0.6) is 5.75 Å². The van der Waals surface area contributed by atoms with E-state index in [2.05, 4.69) is 10.4 Å². The number of para-hydroxylation sites is 2. The van der Waals surface area contributed by atoms with Gasteiger partial charge >= 0.3 is 0 Å². The third-order valence-corrected chi connectivity index (χ3v) is 3.64. The van der Waals surface area contributed by atoms with E-state index in [4.69, 9.17) is 4.74 Å². The normalized spacial score (nSPS) is 13.6. The van der Waals surface area contributed by atoms with E-state index in [0.717, 1.165) is 18.5 Å². The summed E-state index contributed by atoms with van der Waals surface area (Å²) in [4.78, 5) is 24.1. The average molecular weight is 313 g/mol. The van der Waals surface area contributed by atoms with Gasteiger partial charge in [-0.3, -0.25) is 9.59 Å². The Bertz CT molecular complexity index is 766. The fourth-order valence-electron chi connectivity index (χ4n) is 2.35. The molecule has 120 valence electrons. The molecule has 1 fully saturated rings. The van der Waals surface area contributed by atoms with Crippen molar-refractivity contribution in [2.75, 3.05) is 11.9 Å². The fraction of sp³-hybridized carbons (Fsp3) is 0.353. The monoisotopic (exact) mass is 313 g/mol. The lowest BCUT2D eigenvalue weighted by Crippen LogP contribution is -2.29. The molecule has 3 rings (SSSR count). The van der Waals surface area contributed by atoms with Crippen LogP contribution >= 0.6 is 0 Å². The number of nitrogens with one attached hydrogen (secondary N) is 1. The Kier molecular flexibility index (Phi) is 4.41. The Balaban J connectivity index is 1.72. The molecule has 1 heterocycles. The van der Waals surface area contributed by atoms with Crippen LogP contribution in [-0.2, 0) is 11.3 Å².